The van der Waals surface area contributed by atoms with E-state index < -0.39 is 0 Å². The maximum atomic E-state index is 12.4. The van der Waals surface area contributed by atoms with Gasteiger partial charge in [-0.3, -0.25) is 9.59 Å². The first-order chi connectivity index (χ1) is 10.1. The average Bonchev–Trinajstić information content (AvgIpc) is 3.13. The molecule has 21 heavy (non-hydrogen) atoms. The molecule has 114 valence electrons. The van der Waals surface area contributed by atoms with Crippen molar-refractivity contribution < 1.29 is 14.3 Å². The molecule has 1 aromatic heterocycles. The van der Waals surface area contributed by atoms with Gasteiger partial charge in [0.2, 0.25) is 5.91 Å². The summed E-state index contributed by atoms with van der Waals surface area (Å²) in [5.74, 6) is 0.301. The van der Waals surface area contributed by atoms with Crippen molar-refractivity contribution in [3.63, 3.8) is 0 Å². The predicted octanol–water partition coefficient (Wildman–Crippen LogP) is 0.628. The van der Waals surface area contributed by atoms with E-state index in [9.17, 15) is 9.59 Å². The Labute approximate surface area is 127 Å². The van der Waals surface area contributed by atoms with Crippen LogP contribution in [0.25, 0.3) is 0 Å². The number of nitrogens with zero attached hydrogens (tertiary/aromatic N) is 3. The van der Waals surface area contributed by atoms with Gasteiger partial charge in [-0.2, -0.15) is 0 Å². The van der Waals surface area contributed by atoms with Crippen molar-refractivity contribution in [2.75, 3.05) is 39.9 Å². The van der Waals surface area contributed by atoms with Crippen molar-refractivity contribution in [1.82, 2.24) is 14.8 Å². The molecule has 2 aliphatic heterocycles. The van der Waals surface area contributed by atoms with Crippen molar-refractivity contribution >= 4 is 23.2 Å². The summed E-state index contributed by atoms with van der Waals surface area (Å²) in [5, 5.41) is 2.68. The highest BCUT2D eigenvalue weighted by Crippen LogP contribution is 2.32. The number of aromatic nitrogens is 1. The lowest BCUT2D eigenvalue weighted by Gasteiger charge is -2.21. The van der Waals surface area contributed by atoms with Gasteiger partial charge in [-0.15, -0.1) is 11.3 Å². The van der Waals surface area contributed by atoms with Gasteiger partial charge in [0, 0.05) is 44.6 Å². The van der Waals surface area contributed by atoms with Crippen LogP contribution in [0.15, 0.2) is 5.38 Å². The number of amides is 2. The number of carbonyl (C=O) groups is 2. The molecule has 0 saturated carbocycles. The maximum Gasteiger partial charge on any atom is 0.273 e. The van der Waals surface area contributed by atoms with Crippen molar-refractivity contribution in [2.45, 2.75) is 6.92 Å². The van der Waals surface area contributed by atoms with E-state index in [1.807, 2.05) is 11.8 Å². The Morgan fingerprint density at radius 2 is 2.29 bits per heavy atom. The highest BCUT2D eigenvalue weighted by Gasteiger charge is 2.47. The number of ether oxygens (including phenoxy) is 1. The van der Waals surface area contributed by atoms with Gasteiger partial charge in [-0.25, -0.2) is 4.98 Å². The minimum Gasteiger partial charge on any atom is -0.383 e. The lowest BCUT2D eigenvalue weighted by atomic mass is 10.0. The second-order valence-electron chi connectivity index (χ2n) is 5.61. The highest BCUT2D eigenvalue weighted by atomic mass is 32.1. The van der Waals surface area contributed by atoms with Crippen LogP contribution in [-0.2, 0) is 9.53 Å². The second kappa shape index (κ2) is 5.73. The molecule has 3 heterocycles. The van der Waals surface area contributed by atoms with E-state index in [1.165, 1.54) is 11.3 Å². The molecule has 0 aliphatic carbocycles. The van der Waals surface area contributed by atoms with Gasteiger partial charge in [0.15, 0.2) is 0 Å². The third kappa shape index (κ3) is 2.67. The number of hydrogen-bond donors (Lipinski definition) is 0. The van der Waals surface area contributed by atoms with Crippen molar-refractivity contribution in [1.29, 1.82) is 0 Å². The molecule has 2 fully saturated rings. The van der Waals surface area contributed by atoms with E-state index >= 15 is 0 Å². The third-order valence-corrected chi connectivity index (χ3v) is 4.99. The first-order valence-corrected chi connectivity index (χ1v) is 7.97. The molecule has 0 unspecified atom stereocenters. The van der Waals surface area contributed by atoms with Gasteiger partial charge >= 0.3 is 0 Å². The maximum absolute atomic E-state index is 12.4. The van der Waals surface area contributed by atoms with E-state index in [2.05, 4.69) is 4.98 Å². The standard InChI is InChI=1S/C14H19N3O3S/c1-9-15-12(8-21-9)14(19)17-6-10-5-16(3-4-20-2)13(18)11(10)7-17/h8,10-11H,3-7H2,1-2H3/t10-,11+/m1/s1. The van der Waals surface area contributed by atoms with Crippen LogP contribution in [0.5, 0.6) is 0 Å². The van der Waals surface area contributed by atoms with Gasteiger partial charge in [0.05, 0.1) is 17.5 Å². The Morgan fingerprint density at radius 3 is 2.90 bits per heavy atom. The smallest absolute Gasteiger partial charge is 0.273 e. The fraction of sp³-hybridized carbons (Fsp3) is 0.643. The zero-order valence-electron chi connectivity index (χ0n) is 12.2. The molecule has 0 spiro atoms. The summed E-state index contributed by atoms with van der Waals surface area (Å²) < 4.78 is 5.03. The van der Waals surface area contributed by atoms with E-state index in [0.29, 0.717) is 31.9 Å². The van der Waals surface area contributed by atoms with Crippen LogP contribution in [0.1, 0.15) is 15.5 Å². The van der Waals surface area contributed by atoms with Crippen molar-refractivity contribution in [2.24, 2.45) is 11.8 Å². The lowest BCUT2D eigenvalue weighted by Crippen LogP contribution is -2.37. The highest BCUT2D eigenvalue weighted by molar-refractivity contribution is 7.09. The number of thiazole rings is 1. The van der Waals surface area contributed by atoms with Gasteiger partial charge in [0.25, 0.3) is 5.91 Å². The zero-order valence-corrected chi connectivity index (χ0v) is 13.1. The molecule has 6 nitrogen and oxygen atoms in total. The van der Waals surface area contributed by atoms with Gasteiger partial charge in [-0.1, -0.05) is 0 Å². The fourth-order valence-electron chi connectivity index (χ4n) is 3.14. The number of methoxy groups -OCH3 is 1. The summed E-state index contributed by atoms with van der Waals surface area (Å²) >= 11 is 1.48. The summed E-state index contributed by atoms with van der Waals surface area (Å²) in [4.78, 5) is 32.6. The minimum absolute atomic E-state index is 0.0504. The summed E-state index contributed by atoms with van der Waals surface area (Å²) in [7, 11) is 1.64. The van der Waals surface area contributed by atoms with Crippen LogP contribution in [0.2, 0.25) is 0 Å². The quantitative estimate of drug-likeness (QED) is 0.818. The Morgan fingerprint density at radius 1 is 1.48 bits per heavy atom. The Balaban J connectivity index is 1.63. The number of hydrogen-bond acceptors (Lipinski definition) is 5. The summed E-state index contributed by atoms with van der Waals surface area (Å²) in [6, 6.07) is 0. The van der Waals surface area contributed by atoms with Gasteiger partial charge in [0.1, 0.15) is 5.69 Å². The molecule has 2 saturated heterocycles. The number of likely N-dealkylation sites (tertiary alicyclic amines) is 2. The minimum atomic E-state index is -0.0509. The van der Waals surface area contributed by atoms with Crippen molar-refractivity contribution in [3.8, 4) is 0 Å². The second-order valence-corrected chi connectivity index (χ2v) is 6.67. The van der Waals surface area contributed by atoms with Crippen LogP contribution < -0.4 is 0 Å². The van der Waals surface area contributed by atoms with Gasteiger partial charge in [-0.05, 0) is 6.92 Å². The first-order valence-electron chi connectivity index (χ1n) is 7.09. The topological polar surface area (TPSA) is 62.7 Å². The molecule has 0 aromatic carbocycles. The lowest BCUT2D eigenvalue weighted by molar-refractivity contribution is -0.131. The molecule has 1 aromatic rings. The predicted molar refractivity (Wildman–Crippen MR) is 78.2 cm³/mol. The first kappa shape index (κ1) is 14.5. The number of aryl methyl sites for hydroxylation is 1. The van der Waals surface area contributed by atoms with Crippen LogP contribution in [0.4, 0.5) is 0 Å². The van der Waals surface area contributed by atoms with Crippen LogP contribution >= 0.6 is 11.3 Å². The van der Waals surface area contributed by atoms with E-state index in [0.717, 1.165) is 11.6 Å². The normalized spacial score (nSPS) is 24.8. The molecule has 2 amide bonds. The summed E-state index contributed by atoms with van der Waals surface area (Å²) in [6.45, 7) is 4.98. The van der Waals surface area contributed by atoms with Crippen LogP contribution in [0, 0.1) is 18.8 Å². The number of fused-ring (bicyclic) bond motifs is 1. The molecule has 2 aliphatic rings. The Bertz CT molecular complexity index is 559. The monoisotopic (exact) mass is 309 g/mol. The Kier molecular flexibility index (Phi) is 3.95. The molecule has 0 N–H and O–H groups in total. The molecule has 7 heteroatoms. The van der Waals surface area contributed by atoms with Crippen molar-refractivity contribution in [3.05, 3.63) is 16.1 Å². The van der Waals surface area contributed by atoms with E-state index in [1.54, 1.807) is 17.4 Å². The largest absolute Gasteiger partial charge is 0.383 e. The molecular formula is C14H19N3O3S. The Hall–Kier alpha value is -1.47. The van der Waals surface area contributed by atoms with E-state index in [-0.39, 0.29) is 23.7 Å². The molecule has 3 rings (SSSR count). The van der Waals surface area contributed by atoms with Crippen LogP contribution in [-0.4, -0.2) is 66.5 Å². The number of rotatable bonds is 4. The number of carbonyl (C=O) groups excluding carboxylic acids is 2. The zero-order chi connectivity index (χ0) is 15.0. The fourth-order valence-corrected chi connectivity index (χ4v) is 3.72. The molecule has 0 radical (unpaired) electrons. The molecular weight excluding hydrogens is 290 g/mol. The third-order valence-electron chi connectivity index (χ3n) is 4.22. The van der Waals surface area contributed by atoms with Gasteiger partial charge < -0.3 is 14.5 Å². The summed E-state index contributed by atoms with van der Waals surface area (Å²) in [6.07, 6.45) is 0. The van der Waals surface area contributed by atoms with E-state index in [4.69, 9.17) is 4.74 Å². The molecule has 0 bridgehead atoms. The van der Waals surface area contributed by atoms with Crippen LogP contribution in [0.3, 0.4) is 0 Å². The summed E-state index contributed by atoms with van der Waals surface area (Å²) in [5.41, 5.74) is 0.501. The SMILES string of the molecule is COCCN1C[C@@H]2CN(C(=O)c3csc(C)n3)C[C@@H]2C1=O. The average molecular weight is 309 g/mol. The molecule has 2 atom stereocenters.